The van der Waals surface area contributed by atoms with Crippen LogP contribution in [0.1, 0.15) is 15.9 Å². The van der Waals surface area contributed by atoms with Crippen LogP contribution < -0.4 is 15.8 Å². The quantitative estimate of drug-likeness (QED) is 0.432. The van der Waals surface area contributed by atoms with Crippen molar-refractivity contribution < 1.29 is 19.1 Å². The third-order valence-electron chi connectivity index (χ3n) is 3.49. The summed E-state index contributed by atoms with van der Waals surface area (Å²) in [5.41, 5.74) is 2.07. The molecule has 25 heavy (non-hydrogen) atoms. The lowest BCUT2D eigenvalue weighted by atomic mass is 10.2. The van der Waals surface area contributed by atoms with Crippen LogP contribution in [-0.4, -0.2) is 24.3 Å². The van der Waals surface area contributed by atoms with Gasteiger partial charge in [0.25, 0.3) is 5.91 Å². The average Bonchev–Trinajstić information content (AvgIpc) is 2.62. The highest BCUT2D eigenvalue weighted by molar-refractivity contribution is 5.97. The van der Waals surface area contributed by atoms with Crippen LogP contribution in [0.5, 0.6) is 11.5 Å². The van der Waals surface area contributed by atoms with Crippen LogP contribution in [0.4, 0.5) is 0 Å². The number of methoxy groups -OCH3 is 1. The van der Waals surface area contributed by atoms with Gasteiger partial charge in [0.15, 0.2) is 0 Å². The summed E-state index contributed by atoms with van der Waals surface area (Å²) in [4.78, 5) is 24.0. The Balaban J connectivity index is 1.81. The Labute approximate surface area is 142 Å². The van der Waals surface area contributed by atoms with Crippen LogP contribution in [0.15, 0.2) is 62.8 Å². The van der Waals surface area contributed by atoms with E-state index in [1.165, 1.54) is 25.5 Å². The van der Waals surface area contributed by atoms with E-state index in [1.54, 1.807) is 36.4 Å². The van der Waals surface area contributed by atoms with Gasteiger partial charge in [-0.05, 0) is 30.3 Å². The Morgan fingerprint density at radius 3 is 2.84 bits per heavy atom. The number of hydrogen-bond donors (Lipinski definition) is 2. The lowest BCUT2D eigenvalue weighted by molar-refractivity contribution is 0.0951. The van der Waals surface area contributed by atoms with E-state index in [1.807, 2.05) is 0 Å². The summed E-state index contributed by atoms with van der Waals surface area (Å²) in [6.07, 6.45) is 1.25. The topological polar surface area (TPSA) is 101 Å². The molecular formula is C18H14N2O5. The molecule has 0 saturated carbocycles. The maximum Gasteiger partial charge on any atom is 0.349 e. The predicted molar refractivity (Wildman–Crippen MR) is 92.2 cm³/mol. The number of phenols is 1. The number of rotatable bonds is 4. The first-order valence-corrected chi connectivity index (χ1v) is 7.32. The van der Waals surface area contributed by atoms with Crippen LogP contribution in [-0.2, 0) is 0 Å². The summed E-state index contributed by atoms with van der Waals surface area (Å²) in [7, 11) is 1.49. The van der Waals surface area contributed by atoms with E-state index in [2.05, 4.69) is 10.5 Å². The molecule has 0 fully saturated rings. The summed E-state index contributed by atoms with van der Waals surface area (Å²) in [6, 6.07) is 12.9. The third-order valence-corrected chi connectivity index (χ3v) is 3.49. The molecule has 0 radical (unpaired) electrons. The number of hydrogen-bond acceptors (Lipinski definition) is 6. The first-order valence-electron chi connectivity index (χ1n) is 7.32. The standard InChI is InChI=1S/C18H14N2O5/c1-24-13-6-7-15(21)12(8-13)10-19-20-17(22)14-9-11-4-2-3-5-16(11)25-18(14)23/h2-10,21H,1H3,(H,20,22)/b19-10+. The van der Waals surface area contributed by atoms with Crippen molar-refractivity contribution in [1.82, 2.24) is 5.43 Å². The number of para-hydroxylation sites is 1. The molecule has 7 nitrogen and oxygen atoms in total. The Bertz CT molecular complexity index is 1020. The number of carbonyl (C=O) groups excluding carboxylic acids is 1. The maximum atomic E-state index is 12.1. The van der Waals surface area contributed by atoms with E-state index in [-0.39, 0.29) is 11.3 Å². The Morgan fingerprint density at radius 1 is 1.24 bits per heavy atom. The Morgan fingerprint density at radius 2 is 2.04 bits per heavy atom. The summed E-state index contributed by atoms with van der Waals surface area (Å²) < 4.78 is 10.2. The molecule has 0 spiro atoms. The van der Waals surface area contributed by atoms with Crippen molar-refractivity contribution in [1.29, 1.82) is 0 Å². The van der Waals surface area contributed by atoms with Crippen molar-refractivity contribution in [3.8, 4) is 11.5 Å². The number of nitrogens with one attached hydrogen (secondary N) is 1. The van der Waals surface area contributed by atoms with E-state index < -0.39 is 11.5 Å². The van der Waals surface area contributed by atoms with Gasteiger partial charge in [0.2, 0.25) is 0 Å². The SMILES string of the molecule is COc1ccc(O)c(/C=N/NC(=O)c2cc3ccccc3oc2=O)c1. The Kier molecular flexibility index (Phi) is 4.47. The number of aromatic hydroxyl groups is 1. The number of ether oxygens (including phenoxy) is 1. The van der Waals surface area contributed by atoms with Gasteiger partial charge in [-0.15, -0.1) is 0 Å². The van der Waals surface area contributed by atoms with Crippen molar-refractivity contribution in [2.45, 2.75) is 0 Å². The van der Waals surface area contributed by atoms with Gasteiger partial charge in [0.1, 0.15) is 22.6 Å². The molecule has 1 amide bonds. The largest absolute Gasteiger partial charge is 0.507 e. The van der Waals surface area contributed by atoms with Crippen LogP contribution in [0.3, 0.4) is 0 Å². The second-order valence-electron chi connectivity index (χ2n) is 5.11. The summed E-state index contributed by atoms with van der Waals surface area (Å²) in [5.74, 6) is -0.206. The molecule has 2 aromatic carbocycles. The minimum Gasteiger partial charge on any atom is -0.507 e. The molecule has 1 aromatic heterocycles. The molecule has 0 saturated heterocycles. The highest BCUT2D eigenvalue weighted by Crippen LogP contribution is 2.21. The summed E-state index contributed by atoms with van der Waals surface area (Å²) in [5, 5.41) is 14.1. The number of nitrogens with zero attached hydrogens (tertiary/aromatic N) is 1. The molecule has 1 heterocycles. The van der Waals surface area contributed by atoms with Gasteiger partial charge in [0, 0.05) is 10.9 Å². The number of hydrazone groups is 1. The van der Waals surface area contributed by atoms with Crippen LogP contribution in [0.25, 0.3) is 11.0 Å². The molecule has 0 aliphatic heterocycles. The number of amides is 1. The number of benzene rings is 2. The molecule has 7 heteroatoms. The fourth-order valence-corrected chi connectivity index (χ4v) is 2.20. The minimum absolute atomic E-state index is 0.0241. The lowest BCUT2D eigenvalue weighted by Gasteiger charge is -2.03. The fourth-order valence-electron chi connectivity index (χ4n) is 2.20. The predicted octanol–water partition coefficient (Wildman–Crippen LogP) is 2.27. The van der Waals surface area contributed by atoms with Crippen molar-refractivity contribution in [2.24, 2.45) is 5.10 Å². The fraction of sp³-hybridized carbons (Fsp3) is 0.0556. The van der Waals surface area contributed by atoms with Gasteiger partial charge in [-0.3, -0.25) is 4.79 Å². The first kappa shape index (κ1) is 16.3. The highest BCUT2D eigenvalue weighted by atomic mass is 16.5. The van der Waals surface area contributed by atoms with Gasteiger partial charge < -0.3 is 14.3 Å². The highest BCUT2D eigenvalue weighted by Gasteiger charge is 2.13. The lowest BCUT2D eigenvalue weighted by Crippen LogP contribution is -2.24. The molecule has 0 aliphatic carbocycles. The minimum atomic E-state index is -0.754. The van der Waals surface area contributed by atoms with Gasteiger partial charge in [-0.2, -0.15) is 5.10 Å². The summed E-state index contributed by atoms with van der Waals surface area (Å²) >= 11 is 0. The van der Waals surface area contributed by atoms with E-state index >= 15 is 0 Å². The molecule has 0 bridgehead atoms. The molecule has 2 N–H and O–H groups in total. The van der Waals surface area contributed by atoms with E-state index in [9.17, 15) is 14.7 Å². The average molecular weight is 338 g/mol. The molecule has 3 aromatic rings. The van der Waals surface area contributed by atoms with E-state index in [0.717, 1.165) is 0 Å². The third kappa shape index (κ3) is 3.50. The first-order chi connectivity index (χ1) is 12.1. The molecular weight excluding hydrogens is 324 g/mol. The Hall–Kier alpha value is -3.61. The second-order valence-corrected chi connectivity index (χ2v) is 5.11. The molecule has 3 rings (SSSR count). The number of carbonyl (C=O) groups is 1. The van der Waals surface area contributed by atoms with Crippen LogP contribution in [0, 0.1) is 0 Å². The van der Waals surface area contributed by atoms with Crippen molar-refractivity contribution in [3.05, 3.63) is 70.1 Å². The number of fused-ring (bicyclic) bond motifs is 1. The van der Waals surface area contributed by atoms with Crippen molar-refractivity contribution in [3.63, 3.8) is 0 Å². The van der Waals surface area contributed by atoms with Crippen molar-refractivity contribution >= 4 is 23.1 Å². The summed E-state index contributed by atoms with van der Waals surface area (Å²) in [6.45, 7) is 0. The van der Waals surface area contributed by atoms with Gasteiger partial charge in [-0.1, -0.05) is 18.2 Å². The smallest absolute Gasteiger partial charge is 0.349 e. The second kappa shape index (κ2) is 6.88. The molecule has 0 unspecified atom stereocenters. The zero-order valence-electron chi connectivity index (χ0n) is 13.2. The van der Waals surface area contributed by atoms with Gasteiger partial charge in [0.05, 0.1) is 13.3 Å². The normalized spacial score (nSPS) is 10.9. The van der Waals surface area contributed by atoms with Crippen molar-refractivity contribution in [2.75, 3.05) is 7.11 Å². The zero-order chi connectivity index (χ0) is 17.8. The van der Waals surface area contributed by atoms with Crippen LogP contribution >= 0.6 is 0 Å². The van der Waals surface area contributed by atoms with E-state index in [4.69, 9.17) is 9.15 Å². The van der Waals surface area contributed by atoms with Gasteiger partial charge in [-0.25, -0.2) is 10.2 Å². The zero-order valence-corrected chi connectivity index (χ0v) is 13.2. The maximum absolute atomic E-state index is 12.1. The van der Waals surface area contributed by atoms with Gasteiger partial charge >= 0.3 is 5.63 Å². The monoisotopic (exact) mass is 338 g/mol. The van der Waals surface area contributed by atoms with Crippen LogP contribution in [0.2, 0.25) is 0 Å². The molecule has 126 valence electrons. The molecule has 0 aliphatic rings. The number of phenolic OH excluding ortho intramolecular Hbond substituents is 1. The van der Waals surface area contributed by atoms with E-state index in [0.29, 0.717) is 22.3 Å². The molecule has 0 atom stereocenters.